The molecule has 0 saturated carbocycles. The molecule has 0 bridgehead atoms. The minimum atomic E-state index is -4.52. The maximum absolute atomic E-state index is 10.5. The zero-order chi connectivity index (χ0) is 12.9. The van der Waals surface area contributed by atoms with Crippen LogP contribution in [0.25, 0.3) is 0 Å². The van der Waals surface area contributed by atoms with E-state index in [2.05, 4.69) is 0 Å². The first-order chi connectivity index (χ1) is 7.17. The van der Waals surface area contributed by atoms with Crippen LogP contribution in [-0.4, -0.2) is 102 Å². The summed E-state index contributed by atoms with van der Waals surface area (Å²) in [6.45, 7) is -0.692. The van der Waals surface area contributed by atoms with Crippen LogP contribution in [0, 0.1) is 0 Å². The first-order valence-electron chi connectivity index (χ1n) is 4.17. The molecule has 0 spiro atoms. The van der Waals surface area contributed by atoms with E-state index in [-0.39, 0.29) is 41.0 Å². The van der Waals surface area contributed by atoms with E-state index in [0.29, 0.717) is 0 Å². The van der Waals surface area contributed by atoms with Gasteiger partial charge in [0.1, 0.15) is 12.2 Å². The molecule has 3 atom stereocenters. The quantitative estimate of drug-likeness (QED) is 0.0920. The van der Waals surface area contributed by atoms with Crippen LogP contribution >= 0.6 is 7.60 Å². The van der Waals surface area contributed by atoms with E-state index in [1.54, 1.807) is 0 Å². The van der Waals surface area contributed by atoms with Crippen molar-refractivity contribution in [1.29, 1.82) is 0 Å². The predicted octanol–water partition coefficient (Wildman–Crippen LogP) is -3.55. The van der Waals surface area contributed by atoms with Crippen molar-refractivity contribution in [2.45, 2.75) is 18.3 Å². The molecule has 0 aromatic rings. The molecular formula is C6H15NNaO8P. The van der Waals surface area contributed by atoms with Gasteiger partial charge in [-0.1, -0.05) is 0 Å². The molecule has 6 N–H and O–H groups in total. The summed E-state index contributed by atoms with van der Waals surface area (Å²) < 4.78 is 10.5. The van der Waals surface area contributed by atoms with Crippen LogP contribution in [0.4, 0.5) is 0 Å². The summed E-state index contributed by atoms with van der Waals surface area (Å²) in [6.07, 6.45) is -6.54. The summed E-state index contributed by atoms with van der Waals surface area (Å²) in [4.78, 5) is 26.9. The Balaban J connectivity index is 0. The van der Waals surface area contributed by atoms with Gasteiger partial charge in [0.2, 0.25) is 6.41 Å². The van der Waals surface area contributed by atoms with Gasteiger partial charge >= 0.3 is 37.2 Å². The third-order valence-corrected chi connectivity index (χ3v) is 2.56. The summed E-state index contributed by atoms with van der Waals surface area (Å²) in [5, 5.41) is 36.2. The number of nitrogens with zero attached hydrogens (tertiary/aromatic N) is 1. The number of hydroxylamine groups is 2. The average molecular weight is 283 g/mol. The van der Waals surface area contributed by atoms with Gasteiger partial charge in [-0.15, -0.1) is 0 Å². The Labute approximate surface area is 119 Å². The van der Waals surface area contributed by atoms with Crippen LogP contribution in [-0.2, 0) is 9.36 Å². The van der Waals surface area contributed by atoms with E-state index in [9.17, 15) is 14.5 Å². The van der Waals surface area contributed by atoms with E-state index >= 15 is 0 Å². The molecule has 17 heavy (non-hydrogen) atoms. The molecule has 1 amide bonds. The SMILES string of the molecule is O=CN(O)C[C@H](O)[C@@H](O)[C@@H](O)CP(=O)(O)O.[NaH]. The standard InChI is InChI=1S/C6H14NO8P.Na.H/c8-3-7(12)1-4(9)6(11)5(10)2-16(13,14)15;;/h3-6,9-12H,1-2H2,(H2,13,14,15);;/t4-,5-,6+;;/m0../s1. The molecule has 0 unspecified atom stereocenters. The van der Waals surface area contributed by atoms with E-state index in [4.69, 9.17) is 25.2 Å². The van der Waals surface area contributed by atoms with Crippen molar-refractivity contribution < 1.29 is 39.7 Å². The van der Waals surface area contributed by atoms with Crippen molar-refractivity contribution in [2.75, 3.05) is 12.7 Å². The van der Waals surface area contributed by atoms with E-state index < -0.39 is 38.6 Å². The van der Waals surface area contributed by atoms with Gasteiger partial charge in [-0.05, 0) is 0 Å². The zero-order valence-electron chi connectivity index (χ0n) is 8.12. The summed E-state index contributed by atoms with van der Waals surface area (Å²) in [5.41, 5.74) is 0. The van der Waals surface area contributed by atoms with Crippen molar-refractivity contribution in [2.24, 2.45) is 0 Å². The zero-order valence-corrected chi connectivity index (χ0v) is 9.01. The molecule has 0 radical (unpaired) electrons. The minimum absolute atomic E-state index is 0. The molecule has 0 heterocycles. The first kappa shape index (κ1) is 19.8. The van der Waals surface area contributed by atoms with Gasteiger partial charge < -0.3 is 25.1 Å². The summed E-state index contributed by atoms with van der Waals surface area (Å²) in [5.74, 6) is 0. The van der Waals surface area contributed by atoms with Crippen LogP contribution < -0.4 is 0 Å². The fourth-order valence-corrected chi connectivity index (χ4v) is 1.65. The Bertz CT molecular complexity index is 273. The van der Waals surface area contributed by atoms with Crippen molar-refractivity contribution in [3.8, 4) is 0 Å². The first-order valence-corrected chi connectivity index (χ1v) is 5.96. The van der Waals surface area contributed by atoms with Crippen LogP contribution in [0.1, 0.15) is 0 Å². The summed E-state index contributed by atoms with van der Waals surface area (Å²) in [6, 6.07) is 0. The number of carbonyl (C=O) groups excluding carboxylic acids is 1. The molecule has 0 aliphatic rings. The normalized spacial score (nSPS) is 16.6. The van der Waals surface area contributed by atoms with Crippen molar-refractivity contribution >= 4 is 43.6 Å². The molecule has 0 aromatic heterocycles. The Hall–Kier alpha value is 0.460. The topological polar surface area (TPSA) is 159 Å². The monoisotopic (exact) mass is 283 g/mol. The van der Waals surface area contributed by atoms with Crippen molar-refractivity contribution in [1.82, 2.24) is 5.06 Å². The number of amides is 1. The number of carbonyl (C=O) groups is 1. The van der Waals surface area contributed by atoms with Gasteiger partial charge in [-0.25, -0.2) is 5.06 Å². The van der Waals surface area contributed by atoms with E-state index in [1.165, 1.54) is 0 Å². The number of hydrogen-bond donors (Lipinski definition) is 6. The third-order valence-electron chi connectivity index (χ3n) is 1.71. The molecule has 0 aliphatic carbocycles. The predicted molar refractivity (Wildman–Crippen MR) is 56.6 cm³/mol. The second-order valence-corrected chi connectivity index (χ2v) is 4.89. The molecule has 0 rings (SSSR count). The van der Waals surface area contributed by atoms with Crippen LogP contribution in [0.2, 0.25) is 0 Å². The van der Waals surface area contributed by atoms with Crippen molar-refractivity contribution in [3.63, 3.8) is 0 Å². The average Bonchev–Trinajstić information content (AvgIpc) is 2.13. The summed E-state index contributed by atoms with van der Waals surface area (Å²) in [7, 11) is -4.52. The molecule has 0 fully saturated rings. The Morgan fingerprint density at radius 3 is 2.00 bits per heavy atom. The number of rotatable bonds is 7. The second-order valence-electron chi connectivity index (χ2n) is 3.20. The van der Waals surface area contributed by atoms with E-state index in [1.807, 2.05) is 0 Å². The molecule has 9 nitrogen and oxygen atoms in total. The Morgan fingerprint density at radius 1 is 1.18 bits per heavy atom. The van der Waals surface area contributed by atoms with Crippen LogP contribution in [0.3, 0.4) is 0 Å². The molecule has 0 saturated heterocycles. The molecular weight excluding hydrogens is 268 g/mol. The van der Waals surface area contributed by atoms with Crippen LogP contribution in [0.5, 0.6) is 0 Å². The van der Waals surface area contributed by atoms with Crippen molar-refractivity contribution in [3.05, 3.63) is 0 Å². The molecule has 98 valence electrons. The number of hydrogen-bond acceptors (Lipinski definition) is 6. The number of aliphatic hydroxyl groups excluding tert-OH is 3. The Kier molecular flexibility index (Phi) is 9.95. The summed E-state index contributed by atoms with van der Waals surface area (Å²) >= 11 is 0. The van der Waals surface area contributed by atoms with Gasteiger partial charge in [0.25, 0.3) is 0 Å². The Morgan fingerprint density at radius 2 is 1.65 bits per heavy atom. The van der Waals surface area contributed by atoms with Gasteiger partial charge in [0.05, 0.1) is 18.8 Å². The second kappa shape index (κ2) is 8.54. The fourth-order valence-electron chi connectivity index (χ4n) is 0.951. The van der Waals surface area contributed by atoms with Gasteiger partial charge in [-0.3, -0.25) is 14.6 Å². The number of aliphatic hydroxyl groups is 3. The van der Waals surface area contributed by atoms with E-state index in [0.717, 1.165) is 0 Å². The molecule has 11 heteroatoms. The maximum atomic E-state index is 10.5. The van der Waals surface area contributed by atoms with Crippen LogP contribution in [0.15, 0.2) is 0 Å². The van der Waals surface area contributed by atoms with Gasteiger partial charge in [-0.2, -0.15) is 0 Å². The fraction of sp³-hybridized carbons (Fsp3) is 0.833. The molecule has 0 aliphatic heterocycles. The molecule has 0 aromatic carbocycles. The van der Waals surface area contributed by atoms with Gasteiger partial charge in [0.15, 0.2) is 0 Å². The third kappa shape index (κ3) is 9.09. The van der Waals surface area contributed by atoms with Gasteiger partial charge in [0, 0.05) is 0 Å².